The number of aryl methyl sites for hydroxylation is 1. The lowest BCUT2D eigenvalue weighted by Gasteiger charge is -2.13. The highest BCUT2D eigenvalue weighted by Gasteiger charge is 2.15. The third-order valence-electron chi connectivity index (χ3n) is 2.96. The van der Waals surface area contributed by atoms with Crippen LogP contribution in [0.2, 0.25) is 0 Å². The maximum Gasteiger partial charge on any atom is 0.297 e. The predicted octanol–water partition coefficient (Wildman–Crippen LogP) is 1.85. The van der Waals surface area contributed by atoms with E-state index in [1.165, 1.54) is 10.6 Å². The van der Waals surface area contributed by atoms with Crippen molar-refractivity contribution in [1.29, 1.82) is 0 Å². The second-order valence-corrected chi connectivity index (χ2v) is 4.12. The summed E-state index contributed by atoms with van der Waals surface area (Å²) in [5.41, 5.74) is 1.13. The Morgan fingerprint density at radius 2 is 2.26 bits per heavy atom. The van der Waals surface area contributed by atoms with Gasteiger partial charge in [0.1, 0.15) is 6.61 Å². The SMILES string of the molecule is C=CCOc1c(O)c2ccc(NC)cc2n(C)c1=O. The highest BCUT2D eigenvalue weighted by atomic mass is 16.5. The number of fused-ring (bicyclic) bond motifs is 1. The average molecular weight is 260 g/mol. The van der Waals surface area contributed by atoms with E-state index in [2.05, 4.69) is 11.9 Å². The normalized spacial score (nSPS) is 10.4. The molecule has 2 N–H and O–H groups in total. The number of nitrogens with zero attached hydrogens (tertiary/aromatic N) is 1. The Balaban J connectivity index is 2.75. The second kappa shape index (κ2) is 5.06. The van der Waals surface area contributed by atoms with Gasteiger partial charge in [-0.1, -0.05) is 12.7 Å². The molecule has 5 heteroatoms. The van der Waals surface area contributed by atoms with Gasteiger partial charge in [0, 0.05) is 25.2 Å². The van der Waals surface area contributed by atoms with Gasteiger partial charge in [-0.2, -0.15) is 0 Å². The Morgan fingerprint density at radius 3 is 2.89 bits per heavy atom. The number of anilines is 1. The summed E-state index contributed by atoms with van der Waals surface area (Å²) < 4.78 is 6.70. The average Bonchev–Trinajstić information content (AvgIpc) is 2.44. The van der Waals surface area contributed by atoms with Crippen LogP contribution in [0.25, 0.3) is 10.9 Å². The van der Waals surface area contributed by atoms with Crippen LogP contribution in [0.5, 0.6) is 11.5 Å². The summed E-state index contributed by atoms with van der Waals surface area (Å²) in [6, 6.07) is 5.37. The molecule has 1 heterocycles. The molecular weight excluding hydrogens is 244 g/mol. The molecule has 2 rings (SSSR count). The molecule has 0 amide bonds. The standard InChI is InChI=1S/C14H16N2O3/c1-4-7-19-13-12(17)10-6-5-9(15-2)8-11(10)16(3)14(13)18/h4-6,8,15,17H,1,7H2,2-3H3. The summed E-state index contributed by atoms with van der Waals surface area (Å²) >= 11 is 0. The largest absolute Gasteiger partial charge is 0.504 e. The van der Waals surface area contributed by atoms with E-state index in [1.54, 1.807) is 26.2 Å². The first-order valence-electron chi connectivity index (χ1n) is 5.87. The highest BCUT2D eigenvalue weighted by Crippen LogP contribution is 2.32. The van der Waals surface area contributed by atoms with E-state index < -0.39 is 0 Å². The van der Waals surface area contributed by atoms with Gasteiger partial charge in [-0.25, -0.2) is 0 Å². The Labute approximate surface area is 110 Å². The number of benzene rings is 1. The Bertz CT molecular complexity index is 689. The molecule has 0 radical (unpaired) electrons. The van der Waals surface area contributed by atoms with Gasteiger partial charge >= 0.3 is 0 Å². The van der Waals surface area contributed by atoms with Gasteiger partial charge in [0.2, 0.25) is 5.75 Å². The van der Waals surface area contributed by atoms with Crippen LogP contribution in [0.4, 0.5) is 5.69 Å². The van der Waals surface area contributed by atoms with Crippen molar-refractivity contribution in [2.45, 2.75) is 0 Å². The monoisotopic (exact) mass is 260 g/mol. The van der Waals surface area contributed by atoms with Crippen LogP contribution in [-0.2, 0) is 7.05 Å². The summed E-state index contributed by atoms with van der Waals surface area (Å²) in [6.07, 6.45) is 1.52. The summed E-state index contributed by atoms with van der Waals surface area (Å²) in [7, 11) is 3.44. The van der Waals surface area contributed by atoms with Gasteiger partial charge in [-0.15, -0.1) is 0 Å². The van der Waals surface area contributed by atoms with Gasteiger partial charge in [0.15, 0.2) is 5.75 Å². The fourth-order valence-corrected chi connectivity index (χ4v) is 1.92. The zero-order chi connectivity index (χ0) is 14.0. The van der Waals surface area contributed by atoms with Crippen LogP contribution in [0.1, 0.15) is 0 Å². The number of pyridine rings is 1. The molecule has 0 saturated heterocycles. The summed E-state index contributed by atoms with van der Waals surface area (Å²) in [5.74, 6) is -0.185. The molecule has 2 aromatic rings. The minimum absolute atomic E-state index is 0.0490. The van der Waals surface area contributed by atoms with E-state index >= 15 is 0 Å². The number of aromatic hydroxyl groups is 1. The van der Waals surface area contributed by atoms with Gasteiger partial charge in [0.25, 0.3) is 5.56 Å². The first-order valence-corrected chi connectivity index (χ1v) is 5.87. The maximum atomic E-state index is 12.1. The van der Waals surface area contributed by atoms with Gasteiger partial charge in [0.05, 0.1) is 5.52 Å². The molecule has 0 atom stereocenters. The molecule has 1 aromatic heterocycles. The van der Waals surface area contributed by atoms with Gasteiger partial charge < -0.3 is 19.7 Å². The molecular formula is C14H16N2O3. The quantitative estimate of drug-likeness (QED) is 0.823. The molecule has 0 fully saturated rings. The van der Waals surface area contributed by atoms with Crippen molar-refractivity contribution < 1.29 is 9.84 Å². The van der Waals surface area contributed by atoms with Crippen molar-refractivity contribution in [2.75, 3.05) is 19.0 Å². The fraction of sp³-hybridized carbons (Fsp3) is 0.214. The van der Waals surface area contributed by atoms with Crippen molar-refractivity contribution in [1.82, 2.24) is 4.57 Å². The number of nitrogens with one attached hydrogen (secondary N) is 1. The van der Waals surface area contributed by atoms with E-state index in [4.69, 9.17) is 4.74 Å². The molecule has 5 nitrogen and oxygen atoms in total. The number of hydrogen-bond acceptors (Lipinski definition) is 4. The number of ether oxygens (including phenoxy) is 1. The van der Waals surface area contributed by atoms with Crippen LogP contribution in [0.15, 0.2) is 35.6 Å². The molecule has 1 aromatic carbocycles. The minimum Gasteiger partial charge on any atom is -0.504 e. The maximum absolute atomic E-state index is 12.1. The third kappa shape index (κ3) is 2.14. The zero-order valence-corrected chi connectivity index (χ0v) is 10.9. The number of rotatable bonds is 4. The zero-order valence-electron chi connectivity index (χ0n) is 10.9. The summed E-state index contributed by atoms with van der Waals surface area (Å²) in [6.45, 7) is 3.69. The highest BCUT2D eigenvalue weighted by molar-refractivity contribution is 5.89. The van der Waals surface area contributed by atoms with Crippen molar-refractivity contribution in [2.24, 2.45) is 7.05 Å². The van der Waals surface area contributed by atoms with Crippen LogP contribution >= 0.6 is 0 Å². The lowest BCUT2D eigenvalue weighted by atomic mass is 10.1. The van der Waals surface area contributed by atoms with Crippen molar-refractivity contribution in [3.8, 4) is 11.5 Å². The second-order valence-electron chi connectivity index (χ2n) is 4.12. The van der Waals surface area contributed by atoms with E-state index in [0.29, 0.717) is 10.9 Å². The van der Waals surface area contributed by atoms with Crippen molar-refractivity contribution >= 4 is 16.6 Å². The van der Waals surface area contributed by atoms with Crippen LogP contribution < -0.4 is 15.6 Å². The fourth-order valence-electron chi connectivity index (χ4n) is 1.92. The van der Waals surface area contributed by atoms with Crippen LogP contribution in [0, 0.1) is 0 Å². The topological polar surface area (TPSA) is 63.5 Å². The van der Waals surface area contributed by atoms with E-state index in [9.17, 15) is 9.90 Å². The Hall–Kier alpha value is -2.43. The summed E-state index contributed by atoms with van der Waals surface area (Å²) in [5, 5.41) is 13.7. The molecule has 0 aliphatic carbocycles. The summed E-state index contributed by atoms with van der Waals surface area (Å²) in [4.78, 5) is 12.1. The molecule has 0 spiro atoms. The first-order chi connectivity index (χ1) is 9.10. The van der Waals surface area contributed by atoms with Crippen molar-refractivity contribution in [3.63, 3.8) is 0 Å². The van der Waals surface area contributed by atoms with Crippen LogP contribution in [0.3, 0.4) is 0 Å². The van der Waals surface area contributed by atoms with Crippen LogP contribution in [-0.4, -0.2) is 23.3 Å². The molecule has 0 aliphatic heterocycles. The molecule has 0 unspecified atom stereocenters. The van der Waals surface area contributed by atoms with E-state index in [1.807, 2.05) is 6.07 Å². The number of aromatic nitrogens is 1. The molecule has 19 heavy (non-hydrogen) atoms. The van der Waals surface area contributed by atoms with Gasteiger partial charge in [-0.3, -0.25) is 4.79 Å². The lowest BCUT2D eigenvalue weighted by Crippen LogP contribution is -2.20. The number of hydrogen-bond donors (Lipinski definition) is 2. The Morgan fingerprint density at radius 1 is 1.53 bits per heavy atom. The lowest BCUT2D eigenvalue weighted by molar-refractivity contribution is 0.331. The first kappa shape index (κ1) is 13.0. The smallest absolute Gasteiger partial charge is 0.297 e. The van der Waals surface area contributed by atoms with E-state index in [0.717, 1.165) is 5.69 Å². The molecule has 0 aliphatic rings. The van der Waals surface area contributed by atoms with Gasteiger partial charge in [-0.05, 0) is 18.2 Å². The molecule has 0 saturated carbocycles. The predicted molar refractivity (Wildman–Crippen MR) is 76.1 cm³/mol. The molecule has 0 bridgehead atoms. The Kier molecular flexibility index (Phi) is 3.46. The van der Waals surface area contributed by atoms with Crippen molar-refractivity contribution in [3.05, 3.63) is 41.2 Å². The minimum atomic E-state index is -0.375. The molecule has 100 valence electrons. The third-order valence-corrected chi connectivity index (χ3v) is 2.96. The van der Waals surface area contributed by atoms with E-state index in [-0.39, 0.29) is 23.7 Å².